The molecule has 0 aliphatic carbocycles. The summed E-state index contributed by atoms with van der Waals surface area (Å²) in [5.41, 5.74) is 0.305. The van der Waals surface area contributed by atoms with Crippen LogP contribution in [0.15, 0.2) is 23.1 Å². The van der Waals surface area contributed by atoms with Gasteiger partial charge in [-0.3, -0.25) is 4.79 Å². The number of urea groups is 1. The van der Waals surface area contributed by atoms with Crippen LogP contribution in [0.2, 0.25) is 0 Å². The highest BCUT2D eigenvalue weighted by atomic mass is 16.2. The zero-order valence-electron chi connectivity index (χ0n) is 9.96. The Balaban J connectivity index is 2.18. The molecule has 0 aromatic carbocycles. The smallest absolute Gasteiger partial charge is 0.317 e. The molecule has 1 aromatic heterocycles. The zero-order chi connectivity index (χ0) is 13.0. The molecule has 2 heterocycles. The summed E-state index contributed by atoms with van der Waals surface area (Å²) in [7, 11) is 0. The Bertz CT molecular complexity index is 510. The highest BCUT2D eigenvalue weighted by Gasteiger charge is 2.18. The number of aromatic nitrogens is 1. The van der Waals surface area contributed by atoms with Crippen molar-refractivity contribution in [3.63, 3.8) is 0 Å². The molecule has 0 atom stereocenters. The number of carbonyl (C=O) groups is 2. The van der Waals surface area contributed by atoms with Crippen LogP contribution >= 0.6 is 0 Å². The first-order valence-corrected chi connectivity index (χ1v) is 5.87. The molecule has 0 spiro atoms. The fraction of sp³-hybridized carbons (Fsp3) is 0.417. The average molecular weight is 249 g/mol. The summed E-state index contributed by atoms with van der Waals surface area (Å²) in [5.74, 6) is 0. The topological polar surface area (TPSA) is 71.4 Å². The fourth-order valence-electron chi connectivity index (χ4n) is 1.97. The summed E-state index contributed by atoms with van der Waals surface area (Å²) in [6, 6.07) is 3.25. The van der Waals surface area contributed by atoms with Gasteiger partial charge in [0.15, 0.2) is 0 Å². The number of amides is 2. The van der Waals surface area contributed by atoms with Gasteiger partial charge in [0.25, 0.3) is 5.56 Å². The molecule has 0 unspecified atom stereocenters. The summed E-state index contributed by atoms with van der Waals surface area (Å²) in [6.07, 6.45) is 3.12. The van der Waals surface area contributed by atoms with Crippen LogP contribution in [0.4, 0.5) is 4.79 Å². The van der Waals surface area contributed by atoms with Gasteiger partial charge in [0, 0.05) is 24.8 Å². The molecule has 1 saturated heterocycles. The predicted molar refractivity (Wildman–Crippen MR) is 65.2 cm³/mol. The van der Waals surface area contributed by atoms with E-state index in [-0.39, 0.29) is 24.7 Å². The number of nitrogens with zero attached hydrogens (tertiary/aromatic N) is 2. The predicted octanol–water partition coefficient (Wildman–Crippen LogP) is -0.0375. The number of aldehydes is 1. The molecule has 6 nitrogen and oxygen atoms in total. The minimum absolute atomic E-state index is 0.0405. The Hall–Kier alpha value is -2.11. The molecular formula is C12H15N3O3. The minimum Gasteiger partial charge on any atom is -0.338 e. The third kappa shape index (κ3) is 2.58. The molecule has 1 aliphatic rings. The van der Waals surface area contributed by atoms with Crippen molar-refractivity contribution in [2.45, 2.75) is 19.5 Å². The van der Waals surface area contributed by atoms with Crippen LogP contribution in [0.1, 0.15) is 12.0 Å². The molecule has 0 bridgehead atoms. The maximum atomic E-state index is 12.0. The number of hydrogen-bond acceptors (Lipinski definition) is 3. The SMILES string of the molecule is O=CCn1cccc(CN2CCCNC2=O)c1=O. The second-order valence-electron chi connectivity index (χ2n) is 4.16. The quantitative estimate of drug-likeness (QED) is 0.761. The first-order chi connectivity index (χ1) is 8.72. The van der Waals surface area contributed by atoms with Gasteiger partial charge in [-0.05, 0) is 12.5 Å². The fourth-order valence-corrected chi connectivity index (χ4v) is 1.97. The van der Waals surface area contributed by atoms with E-state index in [1.54, 1.807) is 23.2 Å². The van der Waals surface area contributed by atoms with Gasteiger partial charge in [0.2, 0.25) is 0 Å². The molecular weight excluding hydrogens is 234 g/mol. The standard InChI is InChI=1S/C12H15N3O3/c16-8-7-14-5-1-3-10(11(14)17)9-15-6-2-4-13-12(15)18/h1,3,5,8H,2,4,6-7,9H2,(H,13,18). The van der Waals surface area contributed by atoms with Gasteiger partial charge >= 0.3 is 6.03 Å². The Morgan fingerprint density at radius 1 is 1.39 bits per heavy atom. The second kappa shape index (κ2) is 5.48. The molecule has 2 amide bonds. The molecule has 0 radical (unpaired) electrons. The van der Waals surface area contributed by atoms with E-state index in [1.165, 1.54) is 4.57 Å². The third-order valence-electron chi connectivity index (χ3n) is 2.90. The monoisotopic (exact) mass is 249 g/mol. The van der Waals surface area contributed by atoms with Gasteiger partial charge < -0.3 is 19.6 Å². The van der Waals surface area contributed by atoms with Crippen LogP contribution in [0.3, 0.4) is 0 Å². The van der Waals surface area contributed by atoms with E-state index in [2.05, 4.69) is 5.32 Å². The van der Waals surface area contributed by atoms with Gasteiger partial charge in [-0.1, -0.05) is 6.07 Å². The summed E-state index contributed by atoms with van der Waals surface area (Å²) in [4.78, 5) is 35.6. The van der Waals surface area contributed by atoms with Gasteiger partial charge in [-0.25, -0.2) is 4.79 Å². The van der Waals surface area contributed by atoms with E-state index in [0.29, 0.717) is 24.9 Å². The van der Waals surface area contributed by atoms with Gasteiger partial charge in [-0.2, -0.15) is 0 Å². The molecule has 1 N–H and O–H groups in total. The van der Waals surface area contributed by atoms with Gasteiger partial charge in [-0.15, -0.1) is 0 Å². The molecule has 96 valence electrons. The number of carbonyl (C=O) groups excluding carboxylic acids is 2. The van der Waals surface area contributed by atoms with Crippen LogP contribution in [-0.4, -0.2) is 34.9 Å². The molecule has 0 saturated carbocycles. The highest BCUT2D eigenvalue weighted by molar-refractivity contribution is 5.74. The van der Waals surface area contributed by atoms with Crippen LogP contribution in [-0.2, 0) is 17.9 Å². The lowest BCUT2D eigenvalue weighted by atomic mass is 10.2. The number of hydrogen-bond donors (Lipinski definition) is 1. The molecule has 18 heavy (non-hydrogen) atoms. The second-order valence-corrected chi connectivity index (χ2v) is 4.16. The maximum Gasteiger partial charge on any atom is 0.317 e. The lowest BCUT2D eigenvalue weighted by molar-refractivity contribution is -0.108. The van der Waals surface area contributed by atoms with Crippen molar-refractivity contribution in [2.75, 3.05) is 13.1 Å². The Kier molecular flexibility index (Phi) is 3.76. The molecule has 1 aromatic rings. The van der Waals surface area contributed by atoms with Crippen molar-refractivity contribution in [3.8, 4) is 0 Å². The summed E-state index contributed by atoms with van der Waals surface area (Å²) in [6.45, 7) is 1.65. The number of pyridine rings is 1. The Labute approximate surface area is 104 Å². The molecule has 2 rings (SSSR count). The van der Waals surface area contributed by atoms with Crippen LogP contribution < -0.4 is 10.9 Å². The lowest BCUT2D eigenvalue weighted by Gasteiger charge is -2.27. The van der Waals surface area contributed by atoms with Crippen molar-refractivity contribution in [3.05, 3.63) is 34.2 Å². The van der Waals surface area contributed by atoms with E-state index in [4.69, 9.17) is 0 Å². The van der Waals surface area contributed by atoms with Crippen molar-refractivity contribution in [1.82, 2.24) is 14.8 Å². The van der Waals surface area contributed by atoms with Crippen molar-refractivity contribution in [1.29, 1.82) is 0 Å². The molecule has 1 aliphatic heterocycles. The van der Waals surface area contributed by atoms with Crippen LogP contribution in [0.25, 0.3) is 0 Å². The van der Waals surface area contributed by atoms with E-state index in [1.807, 2.05) is 0 Å². The van der Waals surface area contributed by atoms with Crippen molar-refractivity contribution >= 4 is 12.3 Å². The normalized spacial score (nSPS) is 15.3. The highest BCUT2D eigenvalue weighted by Crippen LogP contribution is 2.04. The number of nitrogens with one attached hydrogen (secondary N) is 1. The summed E-state index contributed by atoms with van der Waals surface area (Å²) < 4.78 is 1.34. The summed E-state index contributed by atoms with van der Waals surface area (Å²) in [5, 5.41) is 2.73. The van der Waals surface area contributed by atoms with Crippen LogP contribution in [0, 0.1) is 0 Å². The van der Waals surface area contributed by atoms with E-state index in [0.717, 1.165) is 6.42 Å². The largest absolute Gasteiger partial charge is 0.338 e. The van der Waals surface area contributed by atoms with E-state index >= 15 is 0 Å². The van der Waals surface area contributed by atoms with E-state index < -0.39 is 0 Å². The Morgan fingerprint density at radius 3 is 2.94 bits per heavy atom. The first-order valence-electron chi connectivity index (χ1n) is 5.87. The minimum atomic E-state index is -0.219. The average Bonchev–Trinajstić information content (AvgIpc) is 2.37. The van der Waals surface area contributed by atoms with E-state index in [9.17, 15) is 14.4 Å². The van der Waals surface area contributed by atoms with Gasteiger partial charge in [0.1, 0.15) is 6.29 Å². The third-order valence-corrected chi connectivity index (χ3v) is 2.90. The molecule has 1 fully saturated rings. The zero-order valence-corrected chi connectivity index (χ0v) is 9.96. The molecule has 6 heteroatoms. The summed E-state index contributed by atoms with van der Waals surface area (Å²) >= 11 is 0. The first kappa shape index (κ1) is 12.3. The van der Waals surface area contributed by atoms with Crippen LogP contribution in [0.5, 0.6) is 0 Å². The number of rotatable bonds is 4. The van der Waals surface area contributed by atoms with Crippen molar-refractivity contribution < 1.29 is 9.59 Å². The van der Waals surface area contributed by atoms with Crippen molar-refractivity contribution in [2.24, 2.45) is 0 Å². The Morgan fingerprint density at radius 2 is 2.22 bits per heavy atom. The van der Waals surface area contributed by atoms with Gasteiger partial charge in [0.05, 0.1) is 13.1 Å². The maximum absolute atomic E-state index is 12.0. The lowest BCUT2D eigenvalue weighted by Crippen LogP contribution is -2.46.